The molecular weight excluding hydrogens is 264 g/mol. The molecular formula is C10H11BrO4. The second-order valence-corrected chi connectivity index (χ2v) is 3.89. The maximum Gasteiger partial charge on any atom is 0.185 e. The summed E-state index contributed by atoms with van der Waals surface area (Å²) >= 11 is 3.36. The summed E-state index contributed by atoms with van der Waals surface area (Å²) in [4.78, 5) is 0. The maximum atomic E-state index is 9.52. The average Bonchev–Trinajstić information content (AvgIpc) is 2.71. The minimum atomic E-state index is -0.381. The topological polar surface area (TPSA) is 47.9 Å². The van der Waals surface area contributed by atoms with Crippen LogP contribution in [0.1, 0.15) is 11.9 Å². The van der Waals surface area contributed by atoms with E-state index >= 15 is 0 Å². The van der Waals surface area contributed by atoms with Crippen LogP contribution in [-0.4, -0.2) is 25.4 Å². The normalized spacial score (nSPS) is 16.9. The van der Waals surface area contributed by atoms with Crippen LogP contribution in [0.2, 0.25) is 0 Å². The molecule has 0 radical (unpaired) electrons. The maximum absolute atomic E-state index is 9.52. The SMILES string of the molecule is COc1c(O)ccc(C2OCCO2)c1Br. The summed E-state index contributed by atoms with van der Waals surface area (Å²) in [5.41, 5.74) is 0.821. The van der Waals surface area contributed by atoms with Crippen LogP contribution in [0.15, 0.2) is 16.6 Å². The number of halogens is 1. The van der Waals surface area contributed by atoms with Gasteiger partial charge in [-0.15, -0.1) is 0 Å². The number of hydrogen-bond acceptors (Lipinski definition) is 4. The Bertz CT molecular complexity index is 361. The molecule has 1 N–H and O–H groups in total. The molecule has 0 spiro atoms. The molecule has 0 atom stereocenters. The molecule has 1 aliphatic rings. The third kappa shape index (κ3) is 1.95. The first-order valence-corrected chi connectivity index (χ1v) is 5.32. The van der Waals surface area contributed by atoms with Crippen molar-refractivity contribution in [2.75, 3.05) is 20.3 Å². The van der Waals surface area contributed by atoms with Crippen molar-refractivity contribution >= 4 is 15.9 Å². The molecule has 0 aliphatic carbocycles. The Kier molecular flexibility index (Phi) is 3.14. The molecule has 0 bridgehead atoms. The van der Waals surface area contributed by atoms with Crippen LogP contribution in [-0.2, 0) is 9.47 Å². The van der Waals surface area contributed by atoms with Crippen molar-refractivity contribution in [3.8, 4) is 11.5 Å². The molecule has 1 aromatic carbocycles. The lowest BCUT2D eigenvalue weighted by atomic mass is 10.2. The Morgan fingerprint density at radius 3 is 2.67 bits per heavy atom. The fraction of sp³-hybridized carbons (Fsp3) is 0.400. The van der Waals surface area contributed by atoms with Gasteiger partial charge >= 0.3 is 0 Å². The molecule has 4 nitrogen and oxygen atoms in total. The number of aromatic hydroxyl groups is 1. The van der Waals surface area contributed by atoms with Gasteiger partial charge in [0, 0.05) is 5.56 Å². The van der Waals surface area contributed by atoms with E-state index in [-0.39, 0.29) is 12.0 Å². The molecule has 1 fully saturated rings. The molecule has 2 rings (SSSR count). The first-order valence-electron chi connectivity index (χ1n) is 4.52. The number of phenolic OH excluding ortho intramolecular Hbond substituents is 1. The number of rotatable bonds is 2. The molecule has 82 valence electrons. The van der Waals surface area contributed by atoms with E-state index in [0.717, 1.165) is 5.56 Å². The van der Waals surface area contributed by atoms with Crippen molar-refractivity contribution in [3.63, 3.8) is 0 Å². The van der Waals surface area contributed by atoms with E-state index < -0.39 is 0 Å². The van der Waals surface area contributed by atoms with E-state index in [9.17, 15) is 5.11 Å². The van der Waals surface area contributed by atoms with E-state index in [2.05, 4.69) is 15.9 Å². The monoisotopic (exact) mass is 274 g/mol. The van der Waals surface area contributed by atoms with Gasteiger partial charge in [0.1, 0.15) is 0 Å². The summed E-state index contributed by atoms with van der Waals surface area (Å²) in [6.45, 7) is 1.17. The fourth-order valence-electron chi connectivity index (χ4n) is 1.48. The predicted molar refractivity (Wildman–Crippen MR) is 57.0 cm³/mol. The largest absolute Gasteiger partial charge is 0.504 e. The third-order valence-electron chi connectivity index (χ3n) is 2.19. The van der Waals surface area contributed by atoms with Crippen molar-refractivity contribution in [2.45, 2.75) is 6.29 Å². The van der Waals surface area contributed by atoms with Gasteiger partial charge in [0.2, 0.25) is 0 Å². The summed E-state index contributed by atoms with van der Waals surface area (Å²) in [6, 6.07) is 3.31. The Balaban J connectivity index is 2.39. The van der Waals surface area contributed by atoms with Gasteiger partial charge in [-0.25, -0.2) is 0 Å². The molecule has 0 saturated carbocycles. The summed E-state index contributed by atoms with van der Waals surface area (Å²) < 4.78 is 16.5. The number of hydrogen-bond donors (Lipinski definition) is 1. The van der Waals surface area contributed by atoms with Crippen LogP contribution in [0.25, 0.3) is 0 Å². The quantitative estimate of drug-likeness (QED) is 0.899. The van der Waals surface area contributed by atoms with Crippen LogP contribution >= 0.6 is 15.9 Å². The van der Waals surface area contributed by atoms with E-state index in [0.29, 0.717) is 23.4 Å². The third-order valence-corrected chi connectivity index (χ3v) is 3.00. The Labute approximate surface area is 95.9 Å². The van der Waals surface area contributed by atoms with Crippen molar-refractivity contribution in [3.05, 3.63) is 22.2 Å². The predicted octanol–water partition coefficient (Wildman–Crippen LogP) is 2.21. The zero-order valence-electron chi connectivity index (χ0n) is 8.20. The number of phenols is 1. The van der Waals surface area contributed by atoms with E-state index in [1.165, 1.54) is 7.11 Å². The Morgan fingerprint density at radius 2 is 2.07 bits per heavy atom. The van der Waals surface area contributed by atoms with Gasteiger partial charge in [-0.3, -0.25) is 0 Å². The lowest BCUT2D eigenvalue weighted by molar-refractivity contribution is -0.0447. The van der Waals surface area contributed by atoms with Crippen LogP contribution < -0.4 is 4.74 Å². The smallest absolute Gasteiger partial charge is 0.185 e. The minimum Gasteiger partial charge on any atom is -0.504 e. The number of benzene rings is 1. The Morgan fingerprint density at radius 1 is 1.40 bits per heavy atom. The first kappa shape index (κ1) is 10.7. The molecule has 0 amide bonds. The van der Waals surface area contributed by atoms with Gasteiger partial charge in [-0.05, 0) is 28.1 Å². The van der Waals surface area contributed by atoms with Crippen LogP contribution in [0.4, 0.5) is 0 Å². The van der Waals surface area contributed by atoms with Gasteiger partial charge in [0.15, 0.2) is 17.8 Å². The zero-order valence-corrected chi connectivity index (χ0v) is 9.78. The van der Waals surface area contributed by atoms with Crippen molar-refractivity contribution in [2.24, 2.45) is 0 Å². The molecule has 1 aromatic rings. The fourth-order valence-corrected chi connectivity index (χ4v) is 2.16. The molecule has 1 heterocycles. The highest BCUT2D eigenvalue weighted by Gasteiger charge is 2.23. The minimum absolute atomic E-state index is 0.0890. The van der Waals surface area contributed by atoms with Gasteiger partial charge in [-0.2, -0.15) is 0 Å². The second kappa shape index (κ2) is 4.38. The second-order valence-electron chi connectivity index (χ2n) is 3.09. The van der Waals surface area contributed by atoms with E-state index in [4.69, 9.17) is 14.2 Å². The van der Waals surface area contributed by atoms with Crippen LogP contribution in [0.5, 0.6) is 11.5 Å². The lowest BCUT2D eigenvalue weighted by Gasteiger charge is -2.14. The van der Waals surface area contributed by atoms with Crippen molar-refractivity contribution in [1.29, 1.82) is 0 Å². The van der Waals surface area contributed by atoms with Crippen LogP contribution in [0.3, 0.4) is 0 Å². The zero-order chi connectivity index (χ0) is 10.8. The number of ether oxygens (including phenoxy) is 3. The molecule has 5 heteroatoms. The lowest BCUT2D eigenvalue weighted by Crippen LogP contribution is -2.00. The number of methoxy groups -OCH3 is 1. The summed E-state index contributed by atoms with van der Waals surface area (Å²) in [7, 11) is 1.50. The van der Waals surface area contributed by atoms with Crippen molar-refractivity contribution in [1.82, 2.24) is 0 Å². The first-order chi connectivity index (χ1) is 7.24. The van der Waals surface area contributed by atoms with Gasteiger partial charge in [0.25, 0.3) is 0 Å². The Hall–Kier alpha value is -0.780. The van der Waals surface area contributed by atoms with Crippen LogP contribution in [0, 0.1) is 0 Å². The molecule has 1 aliphatic heterocycles. The van der Waals surface area contributed by atoms with Gasteiger partial charge in [-0.1, -0.05) is 0 Å². The van der Waals surface area contributed by atoms with Gasteiger partial charge in [0.05, 0.1) is 24.8 Å². The van der Waals surface area contributed by atoms with Crippen molar-refractivity contribution < 1.29 is 19.3 Å². The highest BCUT2D eigenvalue weighted by Crippen LogP contribution is 2.41. The summed E-state index contributed by atoms with van der Waals surface area (Å²) in [6.07, 6.45) is -0.381. The molecule has 1 saturated heterocycles. The average molecular weight is 275 g/mol. The summed E-state index contributed by atoms with van der Waals surface area (Å²) in [5.74, 6) is 0.484. The van der Waals surface area contributed by atoms with E-state index in [1.807, 2.05) is 0 Å². The summed E-state index contributed by atoms with van der Waals surface area (Å²) in [5, 5.41) is 9.52. The highest BCUT2D eigenvalue weighted by molar-refractivity contribution is 9.10. The van der Waals surface area contributed by atoms with Gasteiger partial charge < -0.3 is 19.3 Å². The molecule has 15 heavy (non-hydrogen) atoms. The molecule has 0 unspecified atom stereocenters. The van der Waals surface area contributed by atoms with E-state index in [1.54, 1.807) is 12.1 Å². The standard InChI is InChI=1S/C10H11BrO4/c1-13-9-7(12)3-2-6(8(9)11)10-14-4-5-15-10/h2-3,10,12H,4-5H2,1H3. The molecule has 0 aromatic heterocycles. The highest BCUT2D eigenvalue weighted by atomic mass is 79.9.